The number of rotatable bonds is 3. The van der Waals surface area contributed by atoms with Crippen LogP contribution in [-0.4, -0.2) is 7.11 Å². The molecule has 0 spiro atoms. The number of hydrogen-bond donors (Lipinski definition) is 0. The Labute approximate surface area is 170 Å². The molecule has 0 aliphatic heterocycles. The standard InChI is InChI=1S/C27H32O/c1-26(2,3)21-15-11-19(12-16-21)23-9-8-10-24(28-7)25(23)20-13-17-22(18-14-20)27(4,5)6/h8-18H,1-7H3. The lowest BCUT2D eigenvalue weighted by molar-refractivity contribution is 0.416. The van der Waals surface area contributed by atoms with Crippen molar-refractivity contribution in [3.63, 3.8) is 0 Å². The number of benzene rings is 3. The van der Waals surface area contributed by atoms with Gasteiger partial charge in [0.2, 0.25) is 0 Å². The van der Waals surface area contributed by atoms with Gasteiger partial charge in [0, 0.05) is 5.56 Å². The van der Waals surface area contributed by atoms with Crippen LogP contribution in [-0.2, 0) is 10.8 Å². The third-order valence-corrected chi connectivity index (χ3v) is 5.35. The van der Waals surface area contributed by atoms with E-state index in [1.165, 1.54) is 27.8 Å². The van der Waals surface area contributed by atoms with Crippen LogP contribution in [0.25, 0.3) is 22.3 Å². The molecule has 0 saturated heterocycles. The fraction of sp³-hybridized carbons (Fsp3) is 0.333. The molecule has 1 heteroatoms. The first-order chi connectivity index (χ1) is 13.1. The Balaban J connectivity index is 2.12. The number of methoxy groups -OCH3 is 1. The van der Waals surface area contributed by atoms with E-state index in [0.717, 1.165) is 11.3 Å². The second kappa shape index (κ2) is 7.47. The monoisotopic (exact) mass is 372 g/mol. The SMILES string of the molecule is COc1cccc(-c2ccc(C(C)(C)C)cc2)c1-c1ccc(C(C)(C)C)cc1. The molecule has 3 aromatic rings. The predicted molar refractivity (Wildman–Crippen MR) is 121 cm³/mol. The molecular formula is C27H32O. The van der Waals surface area contributed by atoms with E-state index >= 15 is 0 Å². The van der Waals surface area contributed by atoms with E-state index in [-0.39, 0.29) is 10.8 Å². The highest BCUT2D eigenvalue weighted by molar-refractivity contribution is 5.87. The molecule has 0 bridgehead atoms. The minimum atomic E-state index is 0.144. The Morgan fingerprint density at radius 2 is 1.04 bits per heavy atom. The van der Waals surface area contributed by atoms with Crippen LogP contribution in [0.4, 0.5) is 0 Å². The molecule has 3 rings (SSSR count). The summed E-state index contributed by atoms with van der Waals surface area (Å²) in [5.74, 6) is 0.904. The molecule has 1 nitrogen and oxygen atoms in total. The van der Waals surface area contributed by atoms with Gasteiger partial charge >= 0.3 is 0 Å². The summed E-state index contributed by atoms with van der Waals surface area (Å²) in [6.45, 7) is 13.5. The first-order valence-electron chi connectivity index (χ1n) is 10.00. The summed E-state index contributed by atoms with van der Waals surface area (Å²) in [6, 6.07) is 24.1. The highest BCUT2D eigenvalue weighted by Crippen LogP contribution is 2.40. The highest BCUT2D eigenvalue weighted by atomic mass is 16.5. The number of ether oxygens (including phenoxy) is 1. The smallest absolute Gasteiger partial charge is 0.127 e. The largest absolute Gasteiger partial charge is 0.496 e. The van der Waals surface area contributed by atoms with Gasteiger partial charge in [0.15, 0.2) is 0 Å². The van der Waals surface area contributed by atoms with E-state index in [1.54, 1.807) is 7.11 Å². The van der Waals surface area contributed by atoms with Crippen molar-refractivity contribution < 1.29 is 4.74 Å². The lowest BCUT2D eigenvalue weighted by Gasteiger charge is -2.21. The van der Waals surface area contributed by atoms with Crippen LogP contribution in [0.5, 0.6) is 5.75 Å². The van der Waals surface area contributed by atoms with Crippen molar-refractivity contribution in [1.29, 1.82) is 0 Å². The normalized spacial score (nSPS) is 12.1. The van der Waals surface area contributed by atoms with Crippen molar-refractivity contribution in [3.8, 4) is 28.0 Å². The molecule has 0 radical (unpaired) electrons. The van der Waals surface area contributed by atoms with Crippen LogP contribution >= 0.6 is 0 Å². The van der Waals surface area contributed by atoms with Crippen molar-refractivity contribution in [2.24, 2.45) is 0 Å². The minimum Gasteiger partial charge on any atom is -0.496 e. The highest BCUT2D eigenvalue weighted by Gasteiger charge is 2.18. The summed E-state index contributed by atoms with van der Waals surface area (Å²) in [4.78, 5) is 0. The lowest BCUT2D eigenvalue weighted by atomic mass is 9.84. The summed E-state index contributed by atoms with van der Waals surface area (Å²) in [6.07, 6.45) is 0. The molecule has 3 aromatic carbocycles. The van der Waals surface area contributed by atoms with Crippen molar-refractivity contribution in [2.45, 2.75) is 52.4 Å². The Hall–Kier alpha value is -2.54. The number of hydrogen-bond acceptors (Lipinski definition) is 1. The molecular weight excluding hydrogens is 340 g/mol. The second-order valence-electron chi connectivity index (χ2n) is 9.54. The van der Waals surface area contributed by atoms with Crippen molar-refractivity contribution in [3.05, 3.63) is 77.9 Å². The fourth-order valence-electron chi connectivity index (χ4n) is 3.53. The van der Waals surface area contributed by atoms with Gasteiger partial charge in [0.25, 0.3) is 0 Å². The molecule has 0 aromatic heterocycles. The summed E-state index contributed by atoms with van der Waals surface area (Å²) < 4.78 is 5.74. The quantitative estimate of drug-likeness (QED) is 0.459. The molecule has 0 fully saturated rings. The van der Waals surface area contributed by atoms with E-state index in [9.17, 15) is 0 Å². The lowest BCUT2D eigenvalue weighted by Crippen LogP contribution is -2.10. The van der Waals surface area contributed by atoms with Crippen molar-refractivity contribution >= 4 is 0 Å². The summed E-state index contributed by atoms with van der Waals surface area (Å²) in [5, 5.41) is 0. The van der Waals surface area contributed by atoms with E-state index in [2.05, 4.69) is 102 Å². The molecule has 28 heavy (non-hydrogen) atoms. The summed E-state index contributed by atoms with van der Waals surface area (Å²) in [7, 11) is 1.74. The van der Waals surface area contributed by atoms with Crippen LogP contribution in [0.2, 0.25) is 0 Å². The Morgan fingerprint density at radius 3 is 1.46 bits per heavy atom. The van der Waals surface area contributed by atoms with E-state index in [0.29, 0.717) is 0 Å². The zero-order chi connectivity index (χ0) is 20.5. The average molecular weight is 373 g/mol. The average Bonchev–Trinajstić information content (AvgIpc) is 2.66. The zero-order valence-electron chi connectivity index (χ0n) is 18.3. The molecule has 0 saturated carbocycles. The van der Waals surface area contributed by atoms with E-state index in [1.807, 2.05) is 6.07 Å². The molecule has 0 aliphatic carbocycles. The van der Waals surface area contributed by atoms with Gasteiger partial charge in [-0.25, -0.2) is 0 Å². The van der Waals surface area contributed by atoms with Gasteiger partial charge in [0.1, 0.15) is 5.75 Å². The van der Waals surface area contributed by atoms with Crippen LogP contribution in [0.3, 0.4) is 0 Å². The zero-order valence-corrected chi connectivity index (χ0v) is 18.3. The second-order valence-corrected chi connectivity index (χ2v) is 9.54. The molecule has 146 valence electrons. The molecule has 0 N–H and O–H groups in total. The first kappa shape index (κ1) is 20.2. The van der Waals surface area contributed by atoms with Gasteiger partial charge in [-0.05, 0) is 44.7 Å². The maximum absolute atomic E-state index is 5.74. The molecule has 0 amide bonds. The van der Waals surface area contributed by atoms with Gasteiger partial charge in [-0.1, -0.05) is 102 Å². The van der Waals surface area contributed by atoms with Gasteiger partial charge in [0.05, 0.1) is 7.11 Å². The Kier molecular flexibility index (Phi) is 5.39. The molecule has 0 atom stereocenters. The third-order valence-electron chi connectivity index (χ3n) is 5.35. The van der Waals surface area contributed by atoms with E-state index in [4.69, 9.17) is 4.74 Å². The Bertz CT molecular complexity index is 934. The van der Waals surface area contributed by atoms with Gasteiger partial charge < -0.3 is 4.74 Å². The van der Waals surface area contributed by atoms with Gasteiger partial charge in [-0.15, -0.1) is 0 Å². The van der Waals surface area contributed by atoms with E-state index < -0.39 is 0 Å². The van der Waals surface area contributed by atoms with Crippen LogP contribution in [0, 0.1) is 0 Å². The molecule has 0 aliphatic rings. The van der Waals surface area contributed by atoms with Crippen LogP contribution < -0.4 is 4.74 Å². The fourth-order valence-corrected chi connectivity index (χ4v) is 3.53. The predicted octanol–water partition coefficient (Wildman–Crippen LogP) is 7.62. The minimum absolute atomic E-state index is 0.144. The van der Waals surface area contributed by atoms with Crippen molar-refractivity contribution in [1.82, 2.24) is 0 Å². The maximum Gasteiger partial charge on any atom is 0.127 e. The van der Waals surface area contributed by atoms with Gasteiger partial charge in [-0.2, -0.15) is 0 Å². The van der Waals surface area contributed by atoms with Crippen LogP contribution in [0.15, 0.2) is 66.7 Å². The molecule has 0 unspecified atom stereocenters. The summed E-state index contributed by atoms with van der Waals surface area (Å²) >= 11 is 0. The summed E-state index contributed by atoms with van der Waals surface area (Å²) in [5.41, 5.74) is 7.71. The topological polar surface area (TPSA) is 9.23 Å². The maximum atomic E-state index is 5.74. The Morgan fingerprint density at radius 1 is 0.571 bits per heavy atom. The molecule has 0 heterocycles. The third kappa shape index (κ3) is 4.14. The first-order valence-corrected chi connectivity index (χ1v) is 10.00. The van der Waals surface area contributed by atoms with Gasteiger partial charge in [-0.3, -0.25) is 0 Å². The van der Waals surface area contributed by atoms with Crippen molar-refractivity contribution in [2.75, 3.05) is 7.11 Å². The van der Waals surface area contributed by atoms with Crippen LogP contribution in [0.1, 0.15) is 52.7 Å².